The number of pyridine rings is 1. The highest BCUT2D eigenvalue weighted by Crippen LogP contribution is 2.13. The fourth-order valence-electron chi connectivity index (χ4n) is 3.78. The summed E-state index contributed by atoms with van der Waals surface area (Å²) in [5.41, 5.74) is 1.08. The Balaban J connectivity index is 0.00000841. The zero-order chi connectivity index (χ0) is 21.2. The van der Waals surface area contributed by atoms with E-state index in [0.29, 0.717) is 19.5 Å². The van der Waals surface area contributed by atoms with Gasteiger partial charge < -0.3 is 34.0 Å². The molecule has 1 N–H and O–H groups in total. The Kier molecular flexibility index (Phi) is 19.8. The second-order valence-corrected chi connectivity index (χ2v) is 8.33. The largest absolute Gasteiger partial charge is 1.00 e. The molecule has 0 aliphatic heterocycles. The molecule has 0 saturated carbocycles. The molecule has 1 rings (SSSR count). The van der Waals surface area contributed by atoms with Crippen molar-refractivity contribution in [3.63, 3.8) is 0 Å². The Morgan fingerprint density at radius 1 is 0.900 bits per heavy atom. The molecule has 1 aromatic heterocycles. The first kappa shape index (κ1) is 29.3. The highest BCUT2D eigenvalue weighted by molar-refractivity contribution is 5.76. The van der Waals surface area contributed by atoms with Gasteiger partial charge in [0.2, 0.25) is 11.6 Å². The number of carbonyl (C=O) groups excluding carboxylic acids is 1. The summed E-state index contributed by atoms with van der Waals surface area (Å²) in [6.07, 6.45) is 19.7. The summed E-state index contributed by atoms with van der Waals surface area (Å²) < 4.78 is 2.03. The maximum absolute atomic E-state index is 12.6. The van der Waals surface area contributed by atoms with Crippen molar-refractivity contribution < 1.29 is 38.4 Å². The van der Waals surface area contributed by atoms with Crippen LogP contribution < -0.4 is 28.5 Å². The van der Waals surface area contributed by atoms with Gasteiger partial charge in [0.15, 0.2) is 6.20 Å². The van der Waals surface area contributed by atoms with Crippen LogP contribution in [0.4, 0.5) is 0 Å². The van der Waals surface area contributed by atoms with Crippen molar-refractivity contribution in [2.24, 2.45) is 7.05 Å². The number of aliphatic hydroxyl groups excluding tert-OH is 1. The molecular formula is C25H45IN2O2. The fraction of sp³-hybridized carbons (Fsp3) is 0.760. The minimum Gasteiger partial charge on any atom is -1.00 e. The maximum Gasteiger partial charge on any atom is 0.223 e. The SMILES string of the molecule is CCCCCCCCCCCCCCCC(=O)N(CCO)Cc1cccc[n+]1C.[I-]. The number of unbranched alkanes of at least 4 members (excludes halogenated alkanes) is 12. The molecule has 1 heterocycles. The number of carbonyl (C=O) groups is 1. The number of aliphatic hydroxyl groups is 1. The highest BCUT2D eigenvalue weighted by atomic mass is 127. The minimum atomic E-state index is 0. The van der Waals surface area contributed by atoms with Gasteiger partial charge in [-0.3, -0.25) is 4.79 Å². The molecule has 0 aromatic carbocycles. The zero-order valence-electron chi connectivity index (χ0n) is 19.5. The zero-order valence-corrected chi connectivity index (χ0v) is 21.6. The summed E-state index contributed by atoms with van der Waals surface area (Å²) in [4.78, 5) is 14.3. The van der Waals surface area contributed by atoms with Gasteiger partial charge in [0.1, 0.15) is 13.6 Å². The van der Waals surface area contributed by atoms with Crippen LogP contribution in [-0.2, 0) is 18.4 Å². The lowest BCUT2D eigenvalue weighted by Crippen LogP contribution is -3.00. The summed E-state index contributed by atoms with van der Waals surface area (Å²) in [6, 6.07) is 6.00. The van der Waals surface area contributed by atoms with Gasteiger partial charge in [0, 0.05) is 25.1 Å². The van der Waals surface area contributed by atoms with Crippen LogP contribution >= 0.6 is 0 Å². The molecule has 5 heteroatoms. The molecule has 0 aliphatic rings. The molecule has 0 saturated heterocycles. The van der Waals surface area contributed by atoms with Gasteiger partial charge in [-0.2, -0.15) is 0 Å². The van der Waals surface area contributed by atoms with E-state index in [9.17, 15) is 9.90 Å². The number of aryl methyl sites for hydroxylation is 1. The van der Waals surface area contributed by atoms with Crippen molar-refractivity contribution in [2.75, 3.05) is 13.2 Å². The maximum atomic E-state index is 12.6. The fourth-order valence-corrected chi connectivity index (χ4v) is 3.78. The van der Waals surface area contributed by atoms with Gasteiger partial charge in [-0.05, 0) is 6.42 Å². The Bertz CT molecular complexity index is 540. The number of aromatic nitrogens is 1. The quantitative estimate of drug-likeness (QED) is 0.179. The van der Waals surface area contributed by atoms with E-state index in [-0.39, 0.29) is 36.5 Å². The summed E-state index contributed by atoms with van der Waals surface area (Å²) in [5.74, 6) is 0.158. The summed E-state index contributed by atoms with van der Waals surface area (Å²) in [6.45, 7) is 3.26. The number of hydrogen-bond donors (Lipinski definition) is 1. The van der Waals surface area contributed by atoms with E-state index in [1.165, 1.54) is 70.6 Å². The molecule has 30 heavy (non-hydrogen) atoms. The number of amides is 1. The molecule has 0 unspecified atom stereocenters. The van der Waals surface area contributed by atoms with Crippen molar-refractivity contribution >= 4 is 5.91 Å². The molecule has 174 valence electrons. The standard InChI is InChI=1S/C25H45N2O2.HI/c1-3-4-5-6-7-8-9-10-11-12-13-14-15-19-25(29)27(21-22-28)23-24-18-16-17-20-26(24)2;/h16-18,20,28H,3-15,19,21-23H2,1-2H3;1H/q+1;/p-1. The molecule has 0 fully saturated rings. The summed E-state index contributed by atoms with van der Waals surface area (Å²) >= 11 is 0. The minimum absolute atomic E-state index is 0. The van der Waals surface area contributed by atoms with E-state index in [1.54, 1.807) is 4.90 Å². The molecular weight excluding hydrogens is 487 g/mol. The number of rotatable bonds is 18. The van der Waals surface area contributed by atoms with Crippen molar-refractivity contribution in [2.45, 2.75) is 103 Å². The highest BCUT2D eigenvalue weighted by Gasteiger charge is 2.17. The first-order chi connectivity index (χ1) is 14.2. The number of nitrogens with zero attached hydrogens (tertiary/aromatic N) is 2. The Morgan fingerprint density at radius 3 is 1.93 bits per heavy atom. The van der Waals surface area contributed by atoms with Gasteiger partial charge in [-0.15, -0.1) is 0 Å². The van der Waals surface area contributed by atoms with Gasteiger partial charge in [0.05, 0.1) is 6.61 Å². The second-order valence-electron chi connectivity index (χ2n) is 8.33. The van der Waals surface area contributed by atoms with Crippen molar-refractivity contribution in [3.05, 3.63) is 30.1 Å². The average molecular weight is 533 g/mol. The van der Waals surface area contributed by atoms with E-state index < -0.39 is 0 Å². The Morgan fingerprint density at radius 2 is 1.43 bits per heavy atom. The Hall–Kier alpha value is -0.690. The number of hydrogen-bond acceptors (Lipinski definition) is 2. The van der Waals surface area contributed by atoms with E-state index in [1.807, 2.05) is 36.0 Å². The Labute approximate surface area is 202 Å². The van der Waals surface area contributed by atoms with Gasteiger partial charge in [-0.25, -0.2) is 4.57 Å². The van der Waals surface area contributed by atoms with Crippen LogP contribution in [0.25, 0.3) is 0 Å². The third-order valence-corrected chi connectivity index (χ3v) is 5.73. The third kappa shape index (κ3) is 14.3. The van der Waals surface area contributed by atoms with Gasteiger partial charge >= 0.3 is 0 Å². The predicted octanol–water partition coefficient (Wildman–Crippen LogP) is 2.32. The molecule has 0 bridgehead atoms. The van der Waals surface area contributed by atoms with Crippen LogP contribution in [0.15, 0.2) is 24.4 Å². The second kappa shape index (κ2) is 20.2. The molecule has 0 aliphatic carbocycles. The summed E-state index contributed by atoms with van der Waals surface area (Å²) in [7, 11) is 1.99. The van der Waals surface area contributed by atoms with Crippen molar-refractivity contribution in [3.8, 4) is 0 Å². The van der Waals surface area contributed by atoms with Crippen LogP contribution in [0.2, 0.25) is 0 Å². The smallest absolute Gasteiger partial charge is 0.223 e. The topological polar surface area (TPSA) is 44.4 Å². The first-order valence-corrected chi connectivity index (χ1v) is 12.0. The van der Waals surface area contributed by atoms with Gasteiger partial charge in [-0.1, -0.05) is 90.0 Å². The van der Waals surface area contributed by atoms with E-state index >= 15 is 0 Å². The van der Waals surface area contributed by atoms with Crippen LogP contribution in [0, 0.1) is 0 Å². The normalized spacial score (nSPS) is 10.6. The van der Waals surface area contributed by atoms with Crippen LogP contribution in [0.5, 0.6) is 0 Å². The molecule has 0 atom stereocenters. The van der Waals surface area contributed by atoms with Crippen molar-refractivity contribution in [1.82, 2.24) is 4.90 Å². The van der Waals surface area contributed by atoms with Crippen LogP contribution in [0.1, 0.15) is 103 Å². The van der Waals surface area contributed by atoms with E-state index in [2.05, 4.69) is 6.92 Å². The monoisotopic (exact) mass is 532 g/mol. The predicted molar refractivity (Wildman–Crippen MR) is 120 cm³/mol. The van der Waals surface area contributed by atoms with Crippen LogP contribution in [-0.4, -0.2) is 29.1 Å². The molecule has 1 aromatic rings. The first-order valence-electron chi connectivity index (χ1n) is 12.0. The lowest BCUT2D eigenvalue weighted by atomic mass is 10.0. The van der Waals surface area contributed by atoms with Gasteiger partial charge in [0.25, 0.3) is 0 Å². The number of halogens is 1. The average Bonchev–Trinajstić information content (AvgIpc) is 2.72. The summed E-state index contributed by atoms with van der Waals surface area (Å²) in [5, 5.41) is 9.32. The molecule has 1 amide bonds. The van der Waals surface area contributed by atoms with Crippen molar-refractivity contribution in [1.29, 1.82) is 0 Å². The van der Waals surface area contributed by atoms with Crippen LogP contribution in [0.3, 0.4) is 0 Å². The van der Waals surface area contributed by atoms with E-state index in [4.69, 9.17) is 0 Å². The molecule has 4 nitrogen and oxygen atoms in total. The lowest BCUT2D eigenvalue weighted by Gasteiger charge is -2.20. The van der Waals surface area contributed by atoms with E-state index in [0.717, 1.165) is 18.5 Å². The molecule has 0 spiro atoms. The lowest BCUT2D eigenvalue weighted by molar-refractivity contribution is -0.680. The third-order valence-electron chi connectivity index (χ3n) is 5.73. The molecule has 0 radical (unpaired) electrons.